The van der Waals surface area contributed by atoms with E-state index in [9.17, 15) is 4.79 Å². The van der Waals surface area contributed by atoms with E-state index in [4.69, 9.17) is 5.73 Å². The molecule has 0 fully saturated rings. The topological polar surface area (TPSA) is 55.1 Å². The minimum Gasteiger partial charge on any atom is -0.350 e. The Hall–Kier alpha value is -1.35. The molecule has 1 aromatic rings. The summed E-state index contributed by atoms with van der Waals surface area (Å²) >= 11 is 0. The highest BCUT2D eigenvalue weighted by Crippen LogP contribution is 2.10. The smallest absolute Gasteiger partial charge is 0.251 e. The summed E-state index contributed by atoms with van der Waals surface area (Å²) in [5.41, 5.74) is 8.70. The Labute approximate surface area is 103 Å². The Morgan fingerprint density at radius 1 is 1.41 bits per heavy atom. The lowest BCUT2D eigenvalue weighted by molar-refractivity contribution is 0.0950. The Morgan fingerprint density at radius 2 is 2.12 bits per heavy atom. The van der Waals surface area contributed by atoms with E-state index in [1.165, 1.54) is 0 Å². The fourth-order valence-electron chi connectivity index (χ4n) is 1.77. The van der Waals surface area contributed by atoms with Crippen LogP contribution >= 0.6 is 0 Å². The Morgan fingerprint density at radius 3 is 2.76 bits per heavy atom. The van der Waals surface area contributed by atoms with Crippen molar-refractivity contribution in [1.82, 2.24) is 5.32 Å². The van der Waals surface area contributed by atoms with Crippen LogP contribution in [0.25, 0.3) is 0 Å². The van der Waals surface area contributed by atoms with Crippen LogP contribution in [0.3, 0.4) is 0 Å². The van der Waals surface area contributed by atoms with Crippen LogP contribution < -0.4 is 11.1 Å². The van der Waals surface area contributed by atoms with E-state index in [2.05, 4.69) is 12.2 Å². The van der Waals surface area contributed by atoms with Crippen LogP contribution in [0.5, 0.6) is 0 Å². The van der Waals surface area contributed by atoms with E-state index >= 15 is 0 Å². The zero-order valence-corrected chi connectivity index (χ0v) is 10.9. The second-order valence-corrected chi connectivity index (χ2v) is 4.58. The quantitative estimate of drug-likeness (QED) is 0.820. The fourth-order valence-corrected chi connectivity index (χ4v) is 1.77. The number of carbonyl (C=O) groups excluding carboxylic acids is 1. The zero-order chi connectivity index (χ0) is 12.8. The molecular formula is C14H22N2O. The molecule has 1 aromatic carbocycles. The molecule has 0 aromatic heterocycles. The van der Waals surface area contributed by atoms with E-state index in [1.54, 1.807) is 0 Å². The Kier molecular flexibility index (Phi) is 5.16. The first-order valence-corrected chi connectivity index (χ1v) is 6.15. The molecule has 1 atom stereocenters. The molecule has 0 spiro atoms. The normalized spacial score (nSPS) is 12.2. The summed E-state index contributed by atoms with van der Waals surface area (Å²) in [5, 5.41) is 2.89. The molecule has 3 N–H and O–H groups in total. The standard InChI is InChI=1S/C14H22N2O/c1-4-5-12(15)9-16-14(17)13-8-10(2)6-7-11(13)3/h6-8,12H,4-5,9,15H2,1-3H3,(H,16,17). The highest BCUT2D eigenvalue weighted by molar-refractivity contribution is 5.95. The van der Waals surface area contributed by atoms with Crippen LogP contribution in [0.15, 0.2) is 18.2 Å². The van der Waals surface area contributed by atoms with Crippen LogP contribution in [0.4, 0.5) is 0 Å². The first-order valence-electron chi connectivity index (χ1n) is 6.15. The van der Waals surface area contributed by atoms with Gasteiger partial charge in [-0.15, -0.1) is 0 Å². The molecule has 0 aliphatic heterocycles. The van der Waals surface area contributed by atoms with E-state index in [1.807, 2.05) is 32.0 Å². The van der Waals surface area contributed by atoms with E-state index < -0.39 is 0 Å². The summed E-state index contributed by atoms with van der Waals surface area (Å²) in [5.74, 6) is -0.0299. The summed E-state index contributed by atoms with van der Waals surface area (Å²) in [6, 6.07) is 5.94. The van der Waals surface area contributed by atoms with Crippen molar-refractivity contribution in [3.05, 3.63) is 34.9 Å². The van der Waals surface area contributed by atoms with Crippen molar-refractivity contribution >= 4 is 5.91 Å². The molecule has 94 valence electrons. The number of amides is 1. The molecule has 0 aliphatic rings. The highest BCUT2D eigenvalue weighted by atomic mass is 16.1. The predicted molar refractivity (Wildman–Crippen MR) is 71.1 cm³/mol. The molecular weight excluding hydrogens is 212 g/mol. The van der Waals surface area contributed by atoms with E-state index in [0.29, 0.717) is 6.54 Å². The van der Waals surface area contributed by atoms with Crippen molar-refractivity contribution in [2.24, 2.45) is 5.73 Å². The second kappa shape index (κ2) is 6.40. The summed E-state index contributed by atoms with van der Waals surface area (Å²) in [6.45, 7) is 6.56. The van der Waals surface area contributed by atoms with Gasteiger partial charge in [0.2, 0.25) is 0 Å². The molecule has 0 heterocycles. The summed E-state index contributed by atoms with van der Waals surface area (Å²) in [7, 11) is 0. The van der Waals surface area contributed by atoms with Gasteiger partial charge in [0.15, 0.2) is 0 Å². The van der Waals surface area contributed by atoms with Crippen molar-refractivity contribution in [2.75, 3.05) is 6.54 Å². The Bertz CT molecular complexity index is 388. The second-order valence-electron chi connectivity index (χ2n) is 4.58. The number of hydrogen-bond donors (Lipinski definition) is 2. The van der Waals surface area contributed by atoms with Crippen molar-refractivity contribution in [3.63, 3.8) is 0 Å². The van der Waals surface area contributed by atoms with E-state index in [0.717, 1.165) is 29.5 Å². The molecule has 1 unspecified atom stereocenters. The summed E-state index contributed by atoms with van der Waals surface area (Å²) < 4.78 is 0. The fraction of sp³-hybridized carbons (Fsp3) is 0.500. The van der Waals surface area contributed by atoms with Gasteiger partial charge in [0, 0.05) is 18.2 Å². The van der Waals surface area contributed by atoms with Gasteiger partial charge in [0.25, 0.3) is 5.91 Å². The van der Waals surface area contributed by atoms with Crippen molar-refractivity contribution < 1.29 is 4.79 Å². The zero-order valence-electron chi connectivity index (χ0n) is 10.9. The van der Waals surface area contributed by atoms with Gasteiger partial charge in [-0.3, -0.25) is 4.79 Å². The molecule has 0 radical (unpaired) electrons. The number of hydrogen-bond acceptors (Lipinski definition) is 2. The average Bonchev–Trinajstić information content (AvgIpc) is 2.29. The minimum atomic E-state index is -0.0299. The van der Waals surface area contributed by atoms with Gasteiger partial charge in [-0.1, -0.05) is 31.0 Å². The van der Waals surface area contributed by atoms with Gasteiger partial charge in [-0.25, -0.2) is 0 Å². The molecule has 0 saturated heterocycles. The molecule has 3 nitrogen and oxygen atoms in total. The van der Waals surface area contributed by atoms with Gasteiger partial charge >= 0.3 is 0 Å². The summed E-state index contributed by atoms with van der Waals surface area (Å²) in [4.78, 5) is 12.0. The van der Waals surface area contributed by atoms with Gasteiger partial charge in [0.1, 0.15) is 0 Å². The third kappa shape index (κ3) is 4.19. The monoisotopic (exact) mass is 234 g/mol. The first kappa shape index (κ1) is 13.7. The average molecular weight is 234 g/mol. The largest absolute Gasteiger partial charge is 0.350 e. The highest BCUT2D eigenvalue weighted by Gasteiger charge is 2.10. The van der Waals surface area contributed by atoms with Gasteiger partial charge in [0.05, 0.1) is 0 Å². The molecule has 0 bridgehead atoms. The molecule has 3 heteroatoms. The van der Waals surface area contributed by atoms with Crippen molar-refractivity contribution in [2.45, 2.75) is 39.7 Å². The van der Waals surface area contributed by atoms with Crippen LogP contribution in [0, 0.1) is 13.8 Å². The maximum atomic E-state index is 12.0. The minimum absolute atomic E-state index is 0.0299. The maximum Gasteiger partial charge on any atom is 0.251 e. The van der Waals surface area contributed by atoms with Gasteiger partial charge < -0.3 is 11.1 Å². The summed E-state index contributed by atoms with van der Waals surface area (Å²) in [6.07, 6.45) is 1.98. The SMILES string of the molecule is CCCC(N)CNC(=O)c1cc(C)ccc1C. The number of carbonyl (C=O) groups is 1. The number of rotatable bonds is 5. The van der Waals surface area contributed by atoms with Crippen LogP contribution in [0.2, 0.25) is 0 Å². The van der Waals surface area contributed by atoms with Crippen LogP contribution in [-0.4, -0.2) is 18.5 Å². The lowest BCUT2D eigenvalue weighted by Gasteiger charge is -2.13. The molecule has 17 heavy (non-hydrogen) atoms. The predicted octanol–water partition coefficient (Wildman–Crippen LogP) is 2.16. The lowest BCUT2D eigenvalue weighted by Crippen LogP contribution is -2.37. The number of aryl methyl sites for hydroxylation is 2. The molecule has 1 rings (SSSR count). The third-order valence-electron chi connectivity index (χ3n) is 2.82. The van der Waals surface area contributed by atoms with E-state index in [-0.39, 0.29) is 11.9 Å². The van der Waals surface area contributed by atoms with Crippen molar-refractivity contribution in [1.29, 1.82) is 0 Å². The van der Waals surface area contributed by atoms with Crippen LogP contribution in [0.1, 0.15) is 41.3 Å². The van der Waals surface area contributed by atoms with Gasteiger partial charge in [-0.2, -0.15) is 0 Å². The van der Waals surface area contributed by atoms with Crippen LogP contribution in [-0.2, 0) is 0 Å². The maximum absolute atomic E-state index is 12.0. The Balaban J connectivity index is 2.61. The van der Waals surface area contributed by atoms with Gasteiger partial charge in [-0.05, 0) is 31.9 Å². The number of nitrogens with two attached hydrogens (primary N) is 1. The third-order valence-corrected chi connectivity index (χ3v) is 2.82. The first-order chi connectivity index (χ1) is 8.04. The lowest BCUT2D eigenvalue weighted by atomic mass is 10.0. The number of benzene rings is 1. The van der Waals surface area contributed by atoms with Crippen molar-refractivity contribution in [3.8, 4) is 0 Å². The number of nitrogens with one attached hydrogen (secondary N) is 1. The molecule has 0 saturated carbocycles. The molecule has 1 amide bonds. The molecule has 0 aliphatic carbocycles.